The highest BCUT2D eigenvalue weighted by Gasteiger charge is 2.04. The van der Waals surface area contributed by atoms with Crippen LogP contribution in [0.5, 0.6) is 0 Å². The third kappa shape index (κ3) is 3.49. The number of benzene rings is 2. The van der Waals surface area contributed by atoms with Crippen molar-refractivity contribution in [2.24, 2.45) is 0 Å². The van der Waals surface area contributed by atoms with Gasteiger partial charge in [-0.1, -0.05) is 15.9 Å². The van der Waals surface area contributed by atoms with Crippen LogP contribution in [-0.4, -0.2) is 7.05 Å². The molecular weight excluding hydrogens is 302 g/mol. The number of nitrogen functional groups attached to an aromatic ring is 1. The number of rotatable bonds is 3. The molecule has 4 heteroatoms. The molecule has 0 unspecified atom stereocenters. The predicted molar refractivity (Wildman–Crippen MR) is 81.8 cm³/mol. The van der Waals surface area contributed by atoms with Crippen molar-refractivity contribution in [3.8, 4) is 6.07 Å². The lowest BCUT2D eigenvalue weighted by atomic mass is 10.1. The minimum Gasteiger partial charge on any atom is -0.399 e. The van der Waals surface area contributed by atoms with Gasteiger partial charge in [-0.15, -0.1) is 0 Å². The molecule has 2 aromatic rings. The maximum atomic E-state index is 8.78. The van der Waals surface area contributed by atoms with E-state index >= 15 is 0 Å². The molecule has 2 N–H and O–H groups in total. The maximum absolute atomic E-state index is 8.78. The standard InChI is InChI=1S/C15H14BrN3/c1-19(15-4-2-11(9-17)3-5-15)10-12-6-13(16)8-14(18)7-12/h2-8H,10,18H2,1H3. The summed E-state index contributed by atoms with van der Waals surface area (Å²) >= 11 is 3.44. The summed E-state index contributed by atoms with van der Waals surface area (Å²) in [7, 11) is 2.01. The van der Waals surface area contributed by atoms with Crippen LogP contribution >= 0.6 is 15.9 Å². The lowest BCUT2D eigenvalue weighted by Gasteiger charge is -2.19. The lowest BCUT2D eigenvalue weighted by molar-refractivity contribution is 0.923. The number of anilines is 2. The summed E-state index contributed by atoms with van der Waals surface area (Å²) in [6.07, 6.45) is 0. The van der Waals surface area contributed by atoms with Crippen molar-refractivity contribution in [3.63, 3.8) is 0 Å². The van der Waals surface area contributed by atoms with Crippen LogP contribution in [0.3, 0.4) is 0 Å². The molecule has 3 nitrogen and oxygen atoms in total. The third-order valence-electron chi connectivity index (χ3n) is 2.84. The first-order chi connectivity index (χ1) is 9.08. The van der Waals surface area contributed by atoms with E-state index in [1.165, 1.54) is 0 Å². The molecule has 0 spiro atoms. The van der Waals surface area contributed by atoms with Crippen molar-refractivity contribution in [1.29, 1.82) is 5.26 Å². The average Bonchev–Trinajstić information content (AvgIpc) is 2.37. The molecule has 0 saturated carbocycles. The van der Waals surface area contributed by atoms with Gasteiger partial charge in [0.05, 0.1) is 11.6 Å². The molecule has 0 heterocycles. The van der Waals surface area contributed by atoms with Gasteiger partial charge in [0, 0.05) is 29.4 Å². The zero-order valence-electron chi connectivity index (χ0n) is 10.6. The van der Waals surface area contributed by atoms with Gasteiger partial charge in [-0.05, 0) is 48.0 Å². The second-order valence-corrected chi connectivity index (χ2v) is 5.32. The van der Waals surface area contributed by atoms with Crippen LogP contribution in [0.1, 0.15) is 11.1 Å². The minimum atomic E-state index is 0.670. The van der Waals surface area contributed by atoms with E-state index in [1.807, 2.05) is 43.4 Å². The van der Waals surface area contributed by atoms with Crippen LogP contribution in [0.2, 0.25) is 0 Å². The van der Waals surface area contributed by atoms with Gasteiger partial charge in [-0.25, -0.2) is 0 Å². The van der Waals surface area contributed by atoms with Crippen molar-refractivity contribution >= 4 is 27.3 Å². The Morgan fingerprint density at radius 1 is 1.21 bits per heavy atom. The Morgan fingerprint density at radius 2 is 1.89 bits per heavy atom. The summed E-state index contributed by atoms with van der Waals surface area (Å²) in [5.74, 6) is 0. The Kier molecular flexibility index (Phi) is 4.08. The van der Waals surface area contributed by atoms with Crippen LogP contribution in [-0.2, 0) is 6.54 Å². The van der Waals surface area contributed by atoms with Crippen LogP contribution < -0.4 is 10.6 Å². The van der Waals surface area contributed by atoms with Gasteiger partial charge in [0.25, 0.3) is 0 Å². The number of halogens is 1. The van der Waals surface area contributed by atoms with Gasteiger partial charge in [0.15, 0.2) is 0 Å². The van der Waals surface area contributed by atoms with Gasteiger partial charge in [0.1, 0.15) is 0 Å². The minimum absolute atomic E-state index is 0.670. The molecule has 96 valence electrons. The van der Waals surface area contributed by atoms with Gasteiger partial charge < -0.3 is 10.6 Å². The Bertz CT molecular complexity index is 594. The molecule has 0 aliphatic heterocycles. The summed E-state index contributed by atoms with van der Waals surface area (Å²) in [5.41, 5.74) is 9.45. The molecule has 0 amide bonds. The van der Waals surface area contributed by atoms with Gasteiger partial charge in [-0.2, -0.15) is 5.26 Å². The van der Waals surface area contributed by atoms with E-state index in [9.17, 15) is 0 Å². The normalized spacial score (nSPS) is 9.95. The summed E-state index contributed by atoms with van der Waals surface area (Å²) < 4.78 is 0.982. The highest BCUT2D eigenvalue weighted by molar-refractivity contribution is 9.10. The maximum Gasteiger partial charge on any atom is 0.0991 e. The molecule has 0 saturated heterocycles. The van der Waals surface area contributed by atoms with Crippen molar-refractivity contribution in [2.45, 2.75) is 6.54 Å². The van der Waals surface area contributed by atoms with Crippen molar-refractivity contribution in [2.75, 3.05) is 17.7 Å². The number of nitrogens with zero attached hydrogens (tertiary/aromatic N) is 2. The molecule has 2 aromatic carbocycles. The fourth-order valence-electron chi connectivity index (χ4n) is 1.92. The first-order valence-electron chi connectivity index (χ1n) is 5.85. The monoisotopic (exact) mass is 315 g/mol. The van der Waals surface area contributed by atoms with Crippen molar-refractivity contribution in [3.05, 3.63) is 58.1 Å². The Hall–Kier alpha value is -1.99. The summed E-state index contributed by atoms with van der Waals surface area (Å²) in [6.45, 7) is 0.759. The largest absolute Gasteiger partial charge is 0.399 e. The summed E-state index contributed by atoms with van der Waals surface area (Å²) in [6, 6.07) is 15.5. The van der Waals surface area contributed by atoms with E-state index in [-0.39, 0.29) is 0 Å². The van der Waals surface area contributed by atoms with Gasteiger partial charge in [0.2, 0.25) is 0 Å². The van der Waals surface area contributed by atoms with Crippen LogP contribution in [0.25, 0.3) is 0 Å². The molecule has 0 aliphatic carbocycles. The summed E-state index contributed by atoms with van der Waals surface area (Å²) in [5, 5.41) is 8.78. The molecule has 2 rings (SSSR count). The van der Waals surface area contributed by atoms with Crippen molar-refractivity contribution in [1.82, 2.24) is 0 Å². The number of hydrogen-bond acceptors (Lipinski definition) is 3. The quantitative estimate of drug-likeness (QED) is 0.881. The molecule has 0 aromatic heterocycles. The predicted octanol–water partition coefficient (Wildman–Crippen LogP) is 3.54. The van der Waals surface area contributed by atoms with Gasteiger partial charge in [-0.3, -0.25) is 0 Å². The van der Waals surface area contributed by atoms with E-state index in [2.05, 4.69) is 33.0 Å². The Morgan fingerprint density at radius 3 is 2.47 bits per heavy atom. The second-order valence-electron chi connectivity index (χ2n) is 4.41. The number of nitrogens with two attached hydrogens (primary N) is 1. The van der Waals surface area contributed by atoms with Crippen LogP contribution in [0.4, 0.5) is 11.4 Å². The van der Waals surface area contributed by atoms with Crippen LogP contribution in [0, 0.1) is 11.3 Å². The van der Waals surface area contributed by atoms with Crippen molar-refractivity contribution < 1.29 is 0 Å². The molecule has 0 atom stereocenters. The number of nitriles is 1. The molecule has 19 heavy (non-hydrogen) atoms. The first-order valence-corrected chi connectivity index (χ1v) is 6.64. The topological polar surface area (TPSA) is 53.0 Å². The highest BCUT2D eigenvalue weighted by atomic mass is 79.9. The van der Waals surface area contributed by atoms with E-state index in [0.717, 1.165) is 28.0 Å². The molecule has 0 aliphatic rings. The van der Waals surface area contributed by atoms with E-state index < -0.39 is 0 Å². The SMILES string of the molecule is CN(Cc1cc(N)cc(Br)c1)c1ccc(C#N)cc1. The molecule has 0 fully saturated rings. The molecule has 0 bridgehead atoms. The average molecular weight is 316 g/mol. The fourth-order valence-corrected chi connectivity index (χ4v) is 2.48. The van der Waals surface area contributed by atoms with Crippen LogP contribution in [0.15, 0.2) is 46.9 Å². The second kappa shape index (κ2) is 5.77. The molecule has 0 radical (unpaired) electrons. The highest BCUT2D eigenvalue weighted by Crippen LogP contribution is 2.21. The Labute approximate surface area is 121 Å². The first kappa shape index (κ1) is 13.4. The fraction of sp³-hybridized carbons (Fsp3) is 0.133. The van der Waals surface area contributed by atoms with E-state index in [4.69, 9.17) is 11.0 Å². The lowest BCUT2D eigenvalue weighted by Crippen LogP contribution is -2.16. The zero-order chi connectivity index (χ0) is 13.8. The number of hydrogen-bond donors (Lipinski definition) is 1. The Balaban J connectivity index is 2.15. The van der Waals surface area contributed by atoms with E-state index in [0.29, 0.717) is 5.56 Å². The van der Waals surface area contributed by atoms with Gasteiger partial charge >= 0.3 is 0 Å². The third-order valence-corrected chi connectivity index (χ3v) is 3.29. The summed E-state index contributed by atoms with van der Waals surface area (Å²) in [4.78, 5) is 2.11. The zero-order valence-corrected chi connectivity index (χ0v) is 12.2. The smallest absolute Gasteiger partial charge is 0.0991 e. The molecular formula is C15H14BrN3. The van der Waals surface area contributed by atoms with E-state index in [1.54, 1.807) is 0 Å².